The van der Waals surface area contributed by atoms with Crippen molar-refractivity contribution in [3.05, 3.63) is 321 Å². The molecule has 3 heterocycles. The van der Waals surface area contributed by atoms with Crippen LogP contribution in [-0.2, 0) is 19.3 Å². The molecule has 0 saturated heterocycles. The summed E-state index contributed by atoms with van der Waals surface area (Å²) < 4.78 is 5.57. The molecule has 3 aliphatic rings. The number of ether oxygens (including phenoxy) is 1. The van der Waals surface area contributed by atoms with Crippen molar-refractivity contribution in [2.75, 3.05) is 7.11 Å². The molecule has 6 N–H and O–H groups in total. The van der Waals surface area contributed by atoms with Gasteiger partial charge in [0.1, 0.15) is 5.75 Å². The molecule has 0 fully saturated rings. The molecule has 0 amide bonds. The molecular formula is C72H70Cl2N6O7. The Balaban J connectivity index is 0.000000145. The van der Waals surface area contributed by atoms with Gasteiger partial charge < -0.3 is 19.7 Å². The van der Waals surface area contributed by atoms with Crippen molar-refractivity contribution in [3.8, 4) is 5.75 Å². The van der Waals surface area contributed by atoms with Crippen LogP contribution in [0.15, 0.2) is 199 Å². The predicted octanol–water partition coefficient (Wildman–Crippen LogP) is 13.9. The Morgan fingerprint density at radius 2 is 0.747 bits per heavy atom. The third-order valence-corrected chi connectivity index (χ3v) is 17.4. The van der Waals surface area contributed by atoms with E-state index in [0.29, 0.717) is 36.0 Å². The molecule has 12 rings (SSSR count). The maximum atomic E-state index is 12.6. The highest BCUT2D eigenvalue weighted by atomic mass is 35.5. The molecule has 9 aromatic rings. The average molecular weight is 1200 g/mol. The SMILES string of the molecule is COc1cc(C)ccc1C1=CCC(c2[nH]c(=O)[nH]c(=O)c2Cc2ccccc2)CC1.Cc1ccc(C2=CCC(c3[nH]c(=O)[nH]c(=O)c3Cc3ccccc3)CC2)c(Cl)c1.O=c1[nH]c(C2CC=C(c3ccccc3Cl)CC2)c(Cc2ccccc2)c(=O)[nH]1. The molecule has 15 heteroatoms. The largest absolute Gasteiger partial charge is 0.496 e. The third-order valence-electron chi connectivity index (χ3n) is 16.7. The fraction of sp³-hybridized carbons (Fsp3) is 0.250. The van der Waals surface area contributed by atoms with Gasteiger partial charge in [-0.3, -0.25) is 29.3 Å². The zero-order valence-corrected chi connectivity index (χ0v) is 50.5. The van der Waals surface area contributed by atoms with E-state index in [1.165, 1.54) is 16.7 Å². The van der Waals surface area contributed by atoms with Gasteiger partial charge in [0.05, 0.1) is 7.11 Å². The fourth-order valence-corrected chi connectivity index (χ4v) is 12.9. The highest BCUT2D eigenvalue weighted by Crippen LogP contribution is 2.41. The van der Waals surface area contributed by atoms with Gasteiger partial charge in [-0.2, -0.15) is 0 Å². The first-order chi connectivity index (χ1) is 42.2. The number of benzene rings is 6. The maximum absolute atomic E-state index is 12.6. The number of hydrogen-bond acceptors (Lipinski definition) is 7. The Bertz CT molecular complexity index is 4380. The van der Waals surface area contributed by atoms with E-state index in [9.17, 15) is 28.8 Å². The second-order valence-corrected chi connectivity index (χ2v) is 23.5. The Morgan fingerprint density at radius 1 is 0.402 bits per heavy atom. The van der Waals surface area contributed by atoms with E-state index in [4.69, 9.17) is 27.9 Å². The Morgan fingerprint density at radius 3 is 1.10 bits per heavy atom. The first-order valence-corrected chi connectivity index (χ1v) is 30.3. The van der Waals surface area contributed by atoms with Crippen molar-refractivity contribution in [2.45, 2.75) is 109 Å². The van der Waals surface area contributed by atoms with Crippen molar-refractivity contribution < 1.29 is 4.74 Å². The number of aromatic nitrogens is 6. The summed E-state index contributed by atoms with van der Waals surface area (Å²) in [6.07, 6.45) is 15.5. The topological polar surface area (TPSA) is 206 Å². The molecule has 13 nitrogen and oxygen atoms in total. The molecule has 3 unspecified atom stereocenters. The van der Waals surface area contributed by atoms with Crippen molar-refractivity contribution in [1.82, 2.24) is 29.9 Å². The van der Waals surface area contributed by atoms with Gasteiger partial charge in [-0.05, 0) is 145 Å². The number of hydrogen-bond donors (Lipinski definition) is 6. The minimum atomic E-state index is -0.447. The van der Waals surface area contributed by atoms with E-state index in [2.05, 4.69) is 85.4 Å². The number of H-pyrrole nitrogens is 6. The zero-order valence-electron chi connectivity index (χ0n) is 49.0. The summed E-state index contributed by atoms with van der Waals surface area (Å²) in [5.74, 6) is 1.21. The van der Waals surface area contributed by atoms with Gasteiger partial charge in [-0.15, -0.1) is 0 Å². The van der Waals surface area contributed by atoms with Crippen LogP contribution < -0.4 is 38.5 Å². The van der Waals surface area contributed by atoms with Crippen LogP contribution in [0.2, 0.25) is 10.0 Å². The third kappa shape index (κ3) is 15.3. The highest BCUT2D eigenvalue weighted by molar-refractivity contribution is 6.32. The number of methoxy groups -OCH3 is 1. The smallest absolute Gasteiger partial charge is 0.325 e. The standard InChI is InChI=1S/C25H26N2O3.C24H23ClN2O2.C23H21ClN2O2/c1-16-8-13-20(22(14-16)30-2)18-9-11-19(12-10-18)23-21(24(28)27-25(29)26-23)15-17-6-4-3-5-7-17;1-15-7-12-19(21(25)13-15)17-8-10-18(11-9-17)22-20(23(28)27-24(29)26-22)14-16-5-3-2-4-6-16;24-20-9-5-4-8-18(20)16-10-12-17(13-11-16)21-19(22(27)26-23(28)25-21)14-15-6-2-1-3-7-15/h3-9,13-14,19H,10-12,15H2,1-2H3,(H2,26,27,28,29);2-8,12-13,18H,9-11,14H2,1H3,(H2,26,27,28,29);1-10,17H,11-14H2,(H2,25,26,27,28). The summed E-state index contributed by atoms with van der Waals surface area (Å²) in [7, 11) is 1.70. The number of rotatable bonds is 13. The number of allylic oxidation sites excluding steroid dienone is 6. The van der Waals surface area contributed by atoms with Crippen LogP contribution in [0.1, 0.15) is 154 Å². The molecule has 0 radical (unpaired) electrons. The minimum Gasteiger partial charge on any atom is -0.496 e. The zero-order chi connectivity index (χ0) is 61.0. The van der Waals surface area contributed by atoms with Gasteiger partial charge in [0.2, 0.25) is 0 Å². The normalized spacial score (nSPS) is 16.4. The highest BCUT2D eigenvalue weighted by Gasteiger charge is 2.27. The number of aromatic amines is 6. The lowest BCUT2D eigenvalue weighted by molar-refractivity contribution is 0.412. The molecule has 444 valence electrons. The van der Waals surface area contributed by atoms with Crippen LogP contribution in [0.5, 0.6) is 5.75 Å². The van der Waals surface area contributed by atoms with Crippen molar-refractivity contribution >= 4 is 39.9 Å². The monoisotopic (exact) mass is 1200 g/mol. The van der Waals surface area contributed by atoms with Crippen LogP contribution in [0.25, 0.3) is 16.7 Å². The lowest BCUT2D eigenvalue weighted by Gasteiger charge is -2.24. The molecule has 0 spiro atoms. The minimum absolute atomic E-state index is 0.108. The summed E-state index contributed by atoms with van der Waals surface area (Å²) >= 11 is 12.8. The van der Waals surface area contributed by atoms with E-state index in [-0.39, 0.29) is 34.4 Å². The van der Waals surface area contributed by atoms with Gasteiger partial charge in [-0.1, -0.05) is 175 Å². The van der Waals surface area contributed by atoms with E-state index in [1.807, 2.05) is 128 Å². The Kier molecular flexibility index (Phi) is 20.0. The molecule has 87 heavy (non-hydrogen) atoms. The van der Waals surface area contributed by atoms with Crippen LogP contribution in [0, 0.1) is 13.8 Å². The van der Waals surface area contributed by atoms with Gasteiger partial charge in [0.15, 0.2) is 0 Å². The second-order valence-electron chi connectivity index (χ2n) is 22.7. The van der Waals surface area contributed by atoms with E-state index in [1.54, 1.807) is 7.11 Å². The Hall–Kier alpha value is -9.04. The van der Waals surface area contributed by atoms with Crippen LogP contribution in [-0.4, -0.2) is 37.0 Å². The molecule has 0 saturated carbocycles. The summed E-state index contributed by atoms with van der Waals surface area (Å²) in [5.41, 5.74) is 14.4. The van der Waals surface area contributed by atoms with Crippen molar-refractivity contribution in [1.29, 1.82) is 0 Å². The molecule has 3 aliphatic carbocycles. The van der Waals surface area contributed by atoms with Crippen LogP contribution in [0.4, 0.5) is 0 Å². The van der Waals surface area contributed by atoms with Gasteiger partial charge >= 0.3 is 17.1 Å². The lowest BCUT2D eigenvalue weighted by Crippen LogP contribution is -2.30. The first kappa shape index (κ1) is 61.1. The quantitative estimate of drug-likeness (QED) is 0.0658. The van der Waals surface area contributed by atoms with Crippen molar-refractivity contribution in [3.63, 3.8) is 0 Å². The maximum Gasteiger partial charge on any atom is 0.325 e. The molecule has 6 aromatic carbocycles. The fourth-order valence-electron chi connectivity index (χ4n) is 12.3. The Labute approximate surface area is 514 Å². The summed E-state index contributed by atoms with van der Waals surface area (Å²) in [5, 5.41) is 1.52. The second kappa shape index (κ2) is 28.4. The van der Waals surface area contributed by atoms with Gasteiger partial charge in [0.25, 0.3) is 16.7 Å². The summed E-state index contributed by atoms with van der Waals surface area (Å²) in [6.45, 7) is 4.08. The number of aryl methyl sites for hydroxylation is 2. The van der Waals surface area contributed by atoms with Gasteiger partial charge in [-0.25, -0.2) is 14.4 Å². The lowest BCUT2D eigenvalue weighted by atomic mass is 9.82. The number of nitrogens with one attached hydrogen (secondary N) is 6. The molecular weight excluding hydrogens is 1130 g/mol. The van der Waals surface area contributed by atoms with Crippen LogP contribution in [0.3, 0.4) is 0 Å². The molecule has 3 atom stereocenters. The molecule has 3 aromatic heterocycles. The predicted molar refractivity (Wildman–Crippen MR) is 350 cm³/mol. The molecule has 0 aliphatic heterocycles. The molecule has 0 bridgehead atoms. The van der Waals surface area contributed by atoms with Crippen molar-refractivity contribution in [2.24, 2.45) is 0 Å². The van der Waals surface area contributed by atoms with Gasteiger partial charge in [0, 0.05) is 86.4 Å². The summed E-state index contributed by atoms with van der Waals surface area (Å²) in [4.78, 5) is 89.5. The van der Waals surface area contributed by atoms with E-state index >= 15 is 0 Å². The first-order valence-electron chi connectivity index (χ1n) is 29.6. The summed E-state index contributed by atoms with van der Waals surface area (Å²) in [6, 6.07) is 49.8. The van der Waals surface area contributed by atoms with Crippen LogP contribution >= 0.6 is 23.2 Å². The van der Waals surface area contributed by atoms with E-state index in [0.717, 1.165) is 135 Å². The van der Waals surface area contributed by atoms with E-state index < -0.39 is 17.1 Å². The average Bonchev–Trinajstić information content (AvgIpc) is 3.19. The number of halogens is 2.